The Morgan fingerprint density at radius 3 is 1.32 bits per heavy atom. The Balaban J connectivity index is 0.631. The van der Waals surface area contributed by atoms with Crippen molar-refractivity contribution in [3.05, 3.63) is 481 Å². The number of ether oxygens (including phenoxy) is 2. The predicted octanol–water partition coefficient (Wildman–Crippen LogP) is 31.9. The number of thiophene rings is 1. The van der Waals surface area contributed by atoms with Crippen LogP contribution in [0.1, 0.15) is 44.5 Å². The van der Waals surface area contributed by atoms with Crippen molar-refractivity contribution in [3.63, 3.8) is 0 Å². The monoisotopic (exact) mass is 1590 g/mol. The molecule has 3 aromatic heterocycles. The molecule has 123 heavy (non-hydrogen) atoms. The van der Waals surface area contributed by atoms with Crippen LogP contribution in [0.4, 0.5) is 34.3 Å². The molecule has 2 aliphatic heterocycles. The van der Waals surface area contributed by atoms with Gasteiger partial charge in [-0.05, 0) is 210 Å². The summed E-state index contributed by atoms with van der Waals surface area (Å²) in [6.07, 6.45) is 0. The van der Waals surface area contributed by atoms with Crippen molar-refractivity contribution in [3.8, 4) is 123 Å². The fourth-order valence-electron chi connectivity index (χ4n) is 20.5. The second-order valence-corrected chi connectivity index (χ2v) is 33.4. The summed E-state index contributed by atoms with van der Waals surface area (Å²) >= 11 is 1.81. The lowest BCUT2D eigenvalue weighted by Crippen LogP contribution is -2.32. The molecule has 0 fully saturated rings. The second-order valence-electron chi connectivity index (χ2n) is 32.4. The van der Waals surface area contributed by atoms with Crippen LogP contribution in [-0.4, -0.2) is 0 Å². The van der Waals surface area contributed by atoms with Gasteiger partial charge in [-0.1, -0.05) is 322 Å². The minimum absolute atomic E-state index is 0.695. The quantitative estimate of drug-likeness (QED) is 0.115. The Hall–Kier alpha value is -15.8. The van der Waals surface area contributed by atoms with E-state index in [0.29, 0.717) is 0 Å². The molecule has 21 aromatic rings. The van der Waals surface area contributed by atoms with Crippen molar-refractivity contribution in [1.82, 2.24) is 0 Å². The maximum Gasteiger partial charge on any atom is 0.213 e. The van der Waals surface area contributed by atoms with Crippen molar-refractivity contribution >= 4 is 77.7 Å². The number of rotatable bonds is 13. The summed E-state index contributed by atoms with van der Waals surface area (Å²) in [5, 5.41) is 3.20. The van der Waals surface area contributed by atoms with E-state index in [1.807, 2.05) is 11.3 Å². The molecule has 0 saturated carbocycles. The van der Waals surface area contributed by atoms with Gasteiger partial charge in [-0.25, -0.2) is 0 Å². The van der Waals surface area contributed by atoms with Crippen molar-refractivity contribution in [1.29, 1.82) is 0 Å². The molecule has 576 valence electrons. The second kappa shape index (κ2) is 27.9. The third-order valence-corrected chi connectivity index (χ3v) is 27.0. The molecule has 0 saturated heterocycles. The topological polar surface area (TPSA) is 51.2 Å². The first kappa shape index (κ1) is 70.2. The molecular formula is C116H72N2O4S. The first-order valence-electron chi connectivity index (χ1n) is 42.0. The molecule has 7 heteroatoms. The van der Waals surface area contributed by atoms with Crippen LogP contribution in [0.15, 0.2) is 446 Å². The van der Waals surface area contributed by atoms with Gasteiger partial charge in [-0.15, -0.1) is 11.3 Å². The smallest absolute Gasteiger partial charge is 0.213 e. The van der Waals surface area contributed by atoms with Crippen LogP contribution in [0, 0.1) is 0 Å². The lowest BCUT2D eigenvalue weighted by molar-refractivity contribution is 0.436. The van der Waals surface area contributed by atoms with E-state index in [-0.39, 0.29) is 0 Å². The van der Waals surface area contributed by atoms with Gasteiger partial charge < -0.3 is 23.2 Å². The molecule has 0 bridgehead atoms. The molecular weight excluding hydrogens is 1520 g/mol. The first-order valence-corrected chi connectivity index (χ1v) is 42.8. The number of anilines is 6. The van der Waals surface area contributed by atoms with Gasteiger partial charge in [-0.3, -0.25) is 4.90 Å². The van der Waals surface area contributed by atoms with E-state index in [1.54, 1.807) is 0 Å². The summed E-state index contributed by atoms with van der Waals surface area (Å²) in [5.41, 5.74) is 32.2. The van der Waals surface area contributed by atoms with E-state index in [1.165, 1.54) is 33.4 Å². The molecule has 18 aromatic carbocycles. The Labute approximate surface area is 715 Å². The van der Waals surface area contributed by atoms with Gasteiger partial charge in [0.25, 0.3) is 0 Å². The molecule has 6 nitrogen and oxygen atoms in total. The SMILES string of the molecule is c1ccc(-c2cccc(N(c3cccc(-c4c(-c5ccccc5)oc5ccc(-c6ccccc6)cc45)c3)c3ccc4c(c3)-c3ccc(-c5ccc(-c6cc7c(N(c8ccc9c(c8)C8(c%10ccccc%10Oc%10ccccc%108)c8ccccc8-9)c8oc9ccccc9c8-c8ccccc8)cccc7s6)cc5)cc3C43c4ccccc4Oc4ccccc43)c2)cc1. The molecule has 0 amide bonds. The molecule has 4 aliphatic rings. The Morgan fingerprint density at radius 2 is 0.659 bits per heavy atom. The summed E-state index contributed by atoms with van der Waals surface area (Å²) in [5.74, 6) is 4.94. The van der Waals surface area contributed by atoms with E-state index in [0.717, 1.165) is 200 Å². The number of hydrogen-bond acceptors (Lipinski definition) is 7. The van der Waals surface area contributed by atoms with Gasteiger partial charge in [0.2, 0.25) is 5.88 Å². The molecule has 0 radical (unpaired) electrons. The average molecular weight is 1590 g/mol. The lowest BCUT2D eigenvalue weighted by atomic mass is 9.66. The highest BCUT2D eigenvalue weighted by Crippen LogP contribution is 2.66. The third kappa shape index (κ3) is 10.8. The number of hydrogen-bond donors (Lipinski definition) is 0. The number of para-hydroxylation sites is 5. The normalized spacial score (nSPS) is 13.1. The first-order chi connectivity index (χ1) is 61.0. The zero-order chi connectivity index (χ0) is 80.9. The maximum absolute atomic E-state index is 7.38. The van der Waals surface area contributed by atoms with Crippen molar-refractivity contribution in [2.45, 2.75) is 10.8 Å². The standard InChI is InChI=1S/C116H72N2O4S/c1-5-28-73(29-6-1)79-36-25-38-83(66-79)117(84-39-26-37-82(67-84)111-93-68-80(74-30-7-2-8-31-74)59-65-104(93)121-113(111)78-34-11-4-12-35-78)85-61-64-95-91(70-85)89-62-58-81(69-100(89)116(95)98-45-18-23-51-107(98)120-108-52-24-19-46-99(108)116)75-54-56-76(57-55-75)110-72-92-102(47-27-53-109(92)123-110)118(114-112(77-32-9-3-10-33-77)90-41-14-20-48-103(90)122-114)86-60-63-88-87-40-13-15-42-94(87)115(101(88)71-86)96-43-16-21-49-105(96)119-106-50-22-17-44-97(106)115/h1-72H. The Bertz CT molecular complexity index is 7740. The molecule has 2 spiro atoms. The Kier molecular flexibility index (Phi) is 15.9. The predicted molar refractivity (Wildman–Crippen MR) is 504 cm³/mol. The van der Waals surface area contributed by atoms with Crippen LogP contribution < -0.4 is 19.3 Å². The minimum Gasteiger partial charge on any atom is -0.457 e. The molecule has 0 atom stereocenters. The van der Waals surface area contributed by atoms with Gasteiger partial charge >= 0.3 is 0 Å². The maximum atomic E-state index is 7.38. The zero-order valence-electron chi connectivity index (χ0n) is 66.5. The summed E-state index contributed by atoms with van der Waals surface area (Å²) in [6.45, 7) is 0. The van der Waals surface area contributed by atoms with Crippen LogP contribution in [0.2, 0.25) is 0 Å². The molecule has 25 rings (SSSR count). The summed E-state index contributed by atoms with van der Waals surface area (Å²) in [4.78, 5) is 5.98. The van der Waals surface area contributed by atoms with E-state index in [2.05, 4.69) is 447 Å². The largest absolute Gasteiger partial charge is 0.457 e. The van der Waals surface area contributed by atoms with Crippen LogP contribution >= 0.6 is 11.3 Å². The Morgan fingerprint density at radius 1 is 0.220 bits per heavy atom. The molecule has 2 aliphatic carbocycles. The van der Waals surface area contributed by atoms with Gasteiger partial charge in [-0.2, -0.15) is 0 Å². The number of nitrogens with zero attached hydrogens (tertiary/aromatic N) is 2. The number of benzene rings is 18. The van der Waals surface area contributed by atoms with Gasteiger partial charge in [0.15, 0.2) is 0 Å². The lowest BCUT2D eigenvalue weighted by Gasteiger charge is -2.39. The summed E-state index contributed by atoms with van der Waals surface area (Å²) in [6, 6.07) is 159. The molecule has 0 unspecified atom stereocenters. The van der Waals surface area contributed by atoms with E-state index in [9.17, 15) is 0 Å². The highest BCUT2D eigenvalue weighted by atomic mass is 32.1. The minimum atomic E-state index is -0.766. The number of furan rings is 2. The van der Waals surface area contributed by atoms with Crippen LogP contribution in [0.5, 0.6) is 23.0 Å². The van der Waals surface area contributed by atoms with Crippen LogP contribution in [0.25, 0.3) is 132 Å². The van der Waals surface area contributed by atoms with Gasteiger partial charge in [0.05, 0.1) is 22.1 Å². The summed E-state index contributed by atoms with van der Waals surface area (Å²) in [7, 11) is 0. The van der Waals surface area contributed by atoms with E-state index >= 15 is 0 Å². The average Bonchev–Trinajstić information content (AvgIpc) is 1.53. The number of fused-ring (bicyclic) bond motifs is 21. The van der Waals surface area contributed by atoms with Gasteiger partial charge in [0.1, 0.15) is 39.9 Å². The highest BCUT2D eigenvalue weighted by molar-refractivity contribution is 7.22. The molecule has 0 N–H and O–H groups in total. The fourth-order valence-corrected chi connectivity index (χ4v) is 21.6. The molecule has 5 heterocycles. The van der Waals surface area contributed by atoms with Crippen molar-refractivity contribution < 1.29 is 18.3 Å². The highest BCUT2D eigenvalue weighted by Gasteiger charge is 2.53. The van der Waals surface area contributed by atoms with E-state index < -0.39 is 10.8 Å². The van der Waals surface area contributed by atoms with Crippen LogP contribution in [0.3, 0.4) is 0 Å². The van der Waals surface area contributed by atoms with Gasteiger partial charge in [0, 0.05) is 81.9 Å². The van der Waals surface area contributed by atoms with Crippen molar-refractivity contribution in [2.75, 3.05) is 9.80 Å². The zero-order valence-corrected chi connectivity index (χ0v) is 67.3. The summed E-state index contributed by atoms with van der Waals surface area (Å²) < 4.78 is 29.4. The van der Waals surface area contributed by atoms with Crippen LogP contribution in [-0.2, 0) is 10.8 Å². The fraction of sp³-hybridized carbons (Fsp3) is 0.0172. The van der Waals surface area contributed by atoms with E-state index in [4.69, 9.17) is 18.3 Å². The third-order valence-electron chi connectivity index (χ3n) is 25.8. The van der Waals surface area contributed by atoms with Crippen molar-refractivity contribution in [2.24, 2.45) is 0 Å².